The Balaban J connectivity index is 2.37. The van der Waals surface area contributed by atoms with Crippen LogP contribution in [0.3, 0.4) is 0 Å². The molecule has 0 atom stereocenters. The lowest BCUT2D eigenvalue weighted by atomic mass is 9.98. The second kappa shape index (κ2) is 6.78. The van der Waals surface area contributed by atoms with Crippen LogP contribution in [0.15, 0.2) is 48.5 Å². The van der Waals surface area contributed by atoms with Crippen LogP contribution in [0, 0.1) is 0 Å². The molecular formula is C17H13F6NO. The van der Waals surface area contributed by atoms with Gasteiger partial charge in [-0.25, -0.2) is 0 Å². The Kier molecular flexibility index (Phi) is 5.10. The summed E-state index contributed by atoms with van der Waals surface area (Å²) in [5.74, 6) is -0.868. The number of halogens is 6. The van der Waals surface area contributed by atoms with Crippen LogP contribution in [0.4, 0.5) is 26.3 Å². The van der Waals surface area contributed by atoms with Crippen molar-refractivity contribution in [2.75, 3.05) is 13.6 Å². The van der Waals surface area contributed by atoms with E-state index in [1.54, 1.807) is 6.07 Å². The third-order valence-electron chi connectivity index (χ3n) is 3.44. The Bertz CT molecular complexity index is 749. The molecule has 0 saturated heterocycles. The van der Waals surface area contributed by atoms with Gasteiger partial charge in [0.2, 0.25) is 0 Å². The lowest BCUT2D eigenvalue weighted by Gasteiger charge is -2.20. The first-order valence-corrected chi connectivity index (χ1v) is 7.08. The molecule has 0 N–H and O–H groups in total. The summed E-state index contributed by atoms with van der Waals surface area (Å²) in [6.45, 7) is -1.42. The molecule has 0 aliphatic carbocycles. The van der Waals surface area contributed by atoms with Gasteiger partial charge < -0.3 is 4.90 Å². The van der Waals surface area contributed by atoms with Crippen molar-refractivity contribution in [3.63, 3.8) is 0 Å². The van der Waals surface area contributed by atoms with Gasteiger partial charge in [0.25, 0.3) is 5.91 Å². The van der Waals surface area contributed by atoms with Crippen LogP contribution >= 0.6 is 0 Å². The Morgan fingerprint density at radius 2 is 1.48 bits per heavy atom. The average molecular weight is 361 g/mol. The van der Waals surface area contributed by atoms with Crippen molar-refractivity contribution in [1.82, 2.24) is 4.90 Å². The minimum absolute atomic E-state index is 0.0194. The van der Waals surface area contributed by atoms with Gasteiger partial charge in [0, 0.05) is 12.6 Å². The third-order valence-corrected chi connectivity index (χ3v) is 3.44. The summed E-state index contributed by atoms with van der Waals surface area (Å²) in [5, 5.41) is 0. The number of carbonyl (C=O) groups excluding carboxylic acids is 1. The van der Waals surface area contributed by atoms with Crippen LogP contribution in [-0.4, -0.2) is 30.6 Å². The van der Waals surface area contributed by atoms with Crippen LogP contribution in [0.25, 0.3) is 11.1 Å². The molecule has 2 rings (SSSR count). The van der Waals surface area contributed by atoms with Gasteiger partial charge in [0.1, 0.15) is 6.54 Å². The Hall–Kier alpha value is -2.51. The smallest absolute Gasteiger partial charge is 0.333 e. The molecule has 25 heavy (non-hydrogen) atoms. The second-order valence-electron chi connectivity index (χ2n) is 5.40. The first-order valence-electron chi connectivity index (χ1n) is 7.08. The predicted molar refractivity (Wildman–Crippen MR) is 79.9 cm³/mol. The van der Waals surface area contributed by atoms with E-state index < -0.39 is 30.4 Å². The van der Waals surface area contributed by atoms with Gasteiger partial charge in [-0.1, -0.05) is 30.3 Å². The SMILES string of the molecule is CN(CC(F)(F)F)C(=O)c1ccccc1-c1ccc(C(F)(F)F)cc1. The van der Waals surface area contributed by atoms with E-state index in [9.17, 15) is 31.1 Å². The molecule has 0 aliphatic rings. The molecule has 0 unspecified atom stereocenters. The summed E-state index contributed by atoms with van der Waals surface area (Å²) < 4.78 is 75.3. The monoisotopic (exact) mass is 361 g/mol. The molecule has 8 heteroatoms. The number of rotatable bonds is 3. The van der Waals surface area contributed by atoms with E-state index in [1.165, 1.54) is 30.3 Å². The molecule has 0 saturated carbocycles. The van der Waals surface area contributed by atoms with Gasteiger partial charge in [-0.05, 0) is 29.3 Å². The van der Waals surface area contributed by atoms with E-state index in [-0.39, 0.29) is 11.1 Å². The summed E-state index contributed by atoms with van der Waals surface area (Å²) in [5.41, 5.74) is -0.309. The van der Waals surface area contributed by atoms with Crippen molar-refractivity contribution in [3.8, 4) is 11.1 Å². The Labute approximate surface area is 139 Å². The van der Waals surface area contributed by atoms with Crippen molar-refractivity contribution >= 4 is 5.91 Å². The van der Waals surface area contributed by atoms with Crippen molar-refractivity contribution in [2.45, 2.75) is 12.4 Å². The lowest BCUT2D eigenvalue weighted by Crippen LogP contribution is -2.36. The maximum atomic E-state index is 12.6. The van der Waals surface area contributed by atoms with Gasteiger partial charge in [0.15, 0.2) is 0 Å². The summed E-state index contributed by atoms with van der Waals surface area (Å²) in [6, 6.07) is 9.90. The van der Waals surface area contributed by atoms with Gasteiger partial charge in [-0.3, -0.25) is 4.79 Å². The molecular weight excluding hydrogens is 348 g/mol. The maximum Gasteiger partial charge on any atom is 0.416 e. The summed E-state index contributed by atoms with van der Waals surface area (Å²) >= 11 is 0. The lowest BCUT2D eigenvalue weighted by molar-refractivity contribution is -0.138. The molecule has 0 bridgehead atoms. The Morgan fingerprint density at radius 1 is 0.920 bits per heavy atom. The van der Waals surface area contributed by atoms with Crippen molar-refractivity contribution in [3.05, 3.63) is 59.7 Å². The highest BCUT2D eigenvalue weighted by molar-refractivity contribution is 6.00. The number of hydrogen-bond acceptors (Lipinski definition) is 1. The third kappa shape index (κ3) is 4.74. The van der Waals surface area contributed by atoms with E-state index >= 15 is 0 Å². The van der Waals surface area contributed by atoms with E-state index in [1.807, 2.05) is 0 Å². The molecule has 0 aromatic heterocycles. The minimum Gasteiger partial charge on any atom is -0.333 e. The van der Waals surface area contributed by atoms with Crippen LogP contribution in [0.5, 0.6) is 0 Å². The zero-order valence-corrected chi connectivity index (χ0v) is 12.9. The molecule has 2 nitrogen and oxygen atoms in total. The maximum absolute atomic E-state index is 12.6. The minimum atomic E-state index is -4.55. The van der Waals surface area contributed by atoms with Crippen LogP contribution in [-0.2, 0) is 6.18 Å². The Morgan fingerprint density at radius 3 is 2.00 bits per heavy atom. The van der Waals surface area contributed by atoms with Crippen LogP contribution < -0.4 is 0 Å². The number of nitrogens with zero attached hydrogens (tertiary/aromatic N) is 1. The number of carbonyl (C=O) groups is 1. The van der Waals surface area contributed by atoms with Gasteiger partial charge in [-0.15, -0.1) is 0 Å². The first kappa shape index (κ1) is 18.8. The first-order chi connectivity index (χ1) is 11.5. The van der Waals surface area contributed by atoms with Crippen LogP contribution in [0.1, 0.15) is 15.9 Å². The molecule has 0 aliphatic heterocycles. The molecule has 0 fully saturated rings. The molecule has 1 amide bonds. The number of amides is 1. The molecule has 2 aromatic rings. The highest BCUT2D eigenvalue weighted by Gasteiger charge is 2.32. The standard InChI is InChI=1S/C17H13F6NO/c1-24(10-16(18,19)20)15(25)14-5-3-2-4-13(14)11-6-8-12(9-7-11)17(21,22)23/h2-9H,10H2,1H3. The van der Waals surface area contributed by atoms with Crippen molar-refractivity contribution in [2.24, 2.45) is 0 Å². The second-order valence-corrected chi connectivity index (χ2v) is 5.40. The zero-order valence-electron chi connectivity index (χ0n) is 12.9. The quantitative estimate of drug-likeness (QED) is 0.704. The highest BCUT2D eigenvalue weighted by Crippen LogP contribution is 2.32. The van der Waals surface area contributed by atoms with Gasteiger partial charge in [0.05, 0.1) is 5.56 Å². The van der Waals surface area contributed by atoms with E-state index in [0.717, 1.165) is 19.2 Å². The molecule has 134 valence electrons. The van der Waals surface area contributed by atoms with Crippen molar-refractivity contribution in [1.29, 1.82) is 0 Å². The normalized spacial score (nSPS) is 12.1. The molecule has 2 aromatic carbocycles. The summed E-state index contributed by atoms with van der Waals surface area (Å²) in [7, 11) is 1.01. The predicted octanol–water partition coefficient (Wildman–Crippen LogP) is 5.01. The summed E-state index contributed by atoms with van der Waals surface area (Å²) in [4.78, 5) is 12.8. The number of hydrogen-bond donors (Lipinski definition) is 0. The van der Waals surface area contributed by atoms with Gasteiger partial charge >= 0.3 is 12.4 Å². The van der Waals surface area contributed by atoms with Gasteiger partial charge in [-0.2, -0.15) is 26.3 Å². The molecule has 0 radical (unpaired) electrons. The van der Waals surface area contributed by atoms with E-state index in [2.05, 4.69) is 0 Å². The fourth-order valence-electron chi connectivity index (χ4n) is 2.31. The number of benzene rings is 2. The average Bonchev–Trinajstić information content (AvgIpc) is 2.52. The highest BCUT2D eigenvalue weighted by atomic mass is 19.4. The number of alkyl halides is 6. The largest absolute Gasteiger partial charge is 0.416 e. The fourth-order valence-corrected chi connectivity index (χ4v) is 2.31. The fraction of sp³-hybridized carbons (Fsp3) is 0.235. The van der Waals surface area contributed by atoms with E-state index in [4.69, 9.17) is 0 Å². The molecule has 0 spiro atoms. The summed E-state index contributed by atoms with van der Waals surface area (Å²) in [6.07, 6.45) is -9.05. The van der Waals surface area contributed by atoms with E-state index in [0.29, 0.717) is 10.5 Å². The zero-order chi connectivity index (χ0) is 18.8. The van der Waals surface area contributed by atoms with Crippen LogP contribution in [0.2, 0.25) is 0 Å². The topological polar surface area (TPSA) is 20.3 Å². The van der Waals surface area contributed by atoms with Crippen molar-refractivity contribution < 1.29 is 31.1 Å². The molecule has 0 heterocycles.